The summed E-state index contributed by atoms with van der Waals surface area (Å²) in [4.78, 5) is 4.92. The molecule has 3 N–H and O–H groups in total. The molecule has 0 aliphatic heterocycles. The Labute approximate surface area is 197 Å². The summed E-state index contributed by atoms with van der Waals surface area (Å²) >= 11 is 0. The number of benzene rings is 1. The number of hydrogen-bond donors (Lipinski definition) is 2. The molecule has 0 aliphatic carbocycles. The molecule has 5 nitrogen and oxygen atoms in total. The van der Waals surface area contributed by atoms with Gasteiger partial charge in [0.25, 0.3) is 0 Å². The van der Waals surface area contributed by atoms with Gasteiger partial charge < -0.3 is 10.8 Å². The summed E-state index contributed by atoms with van der Waals surface area (Å²) in [6, 6.07) is 7.12. The molecule has 0 fully saturated rings. The van der Waals surface area contributed by atoms with Crippen molar-refractivity contribution in [3.05, 3.63) is 82.7 Å². The lowest BCUT2D eigenvalue weighted by molar-refractivity contribution is 0.475. The molecule has 0 spiro atoms. The zero-order chi connectivity index (χ0) is 24.5. The van der Waals surface area contributed by atoms with Gasteiger partial charge in [-0.1, -0.05) is 50.1 Å². The maximum Gasteiger partial charge on any atom is 0.165 e. The van der Waals surface area contributed by atoms with Crippen molar-refractivity contribution in [3.8, 4) is 11.4 Å². The van der Waals surface area contributed by atoms with E-state index in [9.17, 15) is 5.11 Å². The summed E-state index contributed by atoms with van der Waals surface area (Å²) in [5.41, 5.74) is 12.9. The van der Waals surface area contributed by atoms with Crippen LogP contribution < -0.4 is 22.1 Å². The molecule has 0 atom stereocenters. The Balaban J connectivity index is 3.05. The number of nitrogens with zero attached hydrogens (tertiary/aromatic N) is 3. The van der Waals surface area contributed by atoms with Gasteiger partial charge in [-0.15, -0.1) is 0 Å². The molecule has 0 saturated carbocycles. The first-order valence-corrected chi connectivity index (χ1v) is 11.6. The van der Waals surface area contributed by atoms with Crippen LogP contribution in [0.25, 0.3) is 23.2 Å². The van der Waals surface area contributed by atoms with E-state index in [0.29, 0.717) is 5.70 Å². The smallest absolute Gasteiger partial charge is 0.165 e. The van der Waals surface area contributed by atoms with E-state index in [2.05, 4.69) is 54.7 Å². The predicted molar refractivity (Wildman–Crippen MR) is 141 cm³/mol. The van der Waals surface area contributed by atoms with Crippen LogP contribution in [0.15, 0.2) is 71.4 Å². The van der Waals surface area contributed by atoms with E-state index in [1.165, 1.54) is 5.57 Å². The molecule has 0 unspecified atom stereocenters. The number of rotatable bonds is 8. The van der Waals surface area contributed by atoms with Crippen molar-refractivity contribution in [1.29, 1.82) is 0 Å². The van der Waals surface area contributed by atoms with E-state index in [1.54, 1.807) is 12.1 Å². The number of nitrogens with two attached hydrogens (primary N) is 1. The molecular formula is C28H38N4O. The molecule has 1 heterocycles. The van der Waals surface area contributed by atoms with Gasteiger partial charge in [-0.2, -0.15) is 0 Å². The van der Waals surface area contributed by atoms with Crippen molar-refractivity contribution in [2.24, 2.45) is 10.7 Å². The minimum absolute atomic E-state index is 0.216. The van der Waals surface area contributed by atoms with Gasteiger partial charge in [0.1, 0.15) is 16.6 Å². The molecule has 33 heavy (non-hydrogen) atoms. The SMILES string of the molecule is C=C(C=CC(=CC)n1c(=NC=C(C)CC)c(=C(C)N)n(-c2ccc(O)cc2)c1=CC)CCC. The monoisotopic (exact) mass is 446 g/mol. The molecule has 1 aromatic heterocycles. The van der Waals surface area contributed by atoms with Crippen molar-refractivity contribution >= 4 is 17.5 Å². The van der Waals surface area contributed by atoms with Crippen LogP contribution in [0.3, 0.4) is 0 Å². The Morgan fingerprint density at radius 1 is 1.12 bits per heavy atom. The van der Waals surface area contributed by atoms with Gasteiger partial charge in [0, 0.05) is 23.3 Å². The van der Waals surface area contributed by atoms with Crippen LogP contribution in [0.5, 0.6) is 5.75 Å². The normalized spacial score (nSPS) is 15.0. The summed E-state index contributed by atoms with van der Waals surface area (Å²) in [6.45, 7) is 16.4. The topological polar surface area (TPSA) is 68.5 Å². The molecule has 1 aromatic carbocycles. The van der Waals surface area contributed by atoms with Gasteiger partial charge in [0.15, 0.2) is 5.49 Å². The highest BCUT2D eigenvalue weighted by atomic mass is 16.3. The van der Waals surface area contributed by atoms with E-state index >= 15 is 0 Å². The van der Waals surface area contributed by atoms with E-state index in [1.807, 2.05) is 45.2 Å². The maximum atomic E-state index is 9.83. The third-order valence-corrected chi connectivity index (χ3v) is 5.42. The minimum atomic E-state index is 0.216. The van der Waals surface area contributed by atoms with Crippen LogP contribution in [0, 0.1) is 0 Å². The minimum Gasteiger partial charge on any atom is -0.508 e. The fourth-order valence-electron chi connectivity index (χ4n) is 3.55. The summed E-state index contributed by atoms with van der Waals surface area (Å²) in [6.07, 6.45) is 13.1. The van der Waals surface area contributed by atoms with E-state index in [-0.39, 0.29) is 5.75 Å². The Morgan fingerprint density at radius 3 is 2.30 bits per heavy atom. The van der Waals surface area contributed by atoms with Crippen molar-refractivity contribution < 1.29 is 5.11 Å². The number of imidazole rings is 1. The molecule has 2 aromatic rings. The van der Waals surface area contributed by atoms with Crippen LogP contribution in [0.1, 0.15) is 60.8 Å². The first-order valence-electron chi connectivity index (χ1n) is 11.6. The highest BCUT2D eigenvalue weighted by Crippen LogP contribution is 2.12. The highest BCUT2D eigenvalue weighted by Gasteiger charge is 2.13. The van der Waals surface area contributed by atoms with Crippen LogP contribution in [0.4, 0.5) is 0 Å². The molecule has 2 rings (SSSR count). The number of aromatic nitrogens is 2. The summed E-state index contributed by atoms with van der Waals surface area (Å²) in [5.74, 6) is 0.216. The molecular weight excluding hydrogens is 408 g/mol. The molecule has 0 saturated heterocycles. The summed E-state index contributed by atoms with van der Waals surface area (Å²) in [7, 11) is 0. The van der Waals surface area contributed by atoms with Crippen LogP contribution in [0.2, 0.25) is 0 Å². The fraction of sp³-hybridized carbons (Fsp3) is 0.321. The standard InChI is InChI=1S/C28H38N4O/c1-8-12-21(6)13-14-23(10-3)32-26(11-4)31(24-15-17-25(33)18-16-24)27(22(7)29)28(32)30-19-20(5)9-2/h10-11,13-19,33H,6,8-9,12,29H2,1-5,7H3. The zero-order valence-corrected chi connectivity index (χ0v) is 20.9. The molecule has 0 radical (unpaired) electrons. The Kier molecular flexibility index (Phi) is 9.34. The maximum absolute atomic E-state index is 9.83. The van der Waals surface area contributed by atoms with Gasteiger partial charge in [-0.05, 0) is 77.0 Å². The second-order valence-electron chi connectivity index (χ2n) is 8.10. The molecule has 176 valence electrons. The average Bonchev–Trinajstić information content (AvgIpc) is 3.13. The van der Waals surface area contributed by atoms with Crippen LogP contribution in [-0.4, -0.2) is 14.2 Å². The van der Waals surface area contributed by atoms with E-state index < -0.39 is 0 Å². The number of allylic oxidation sites excluding steroid dienone is 6. The quantitative estimate of drug-likeness (QED) is 0.569. The number of phenols is 1. The summed E-state index contributed by atoms with van der Waals surface area (Å²) < 4.78 is 4.20. The van der Waals surface area contributed by atoms with Crippen molar-refractivity contribution in [2.45, 2.75) is 60.8 Å². The number of hydrogen-bond acceptors (Lipinski definition) is 3. The first-order chi connectivity index (χ1) is 15.8. The fourth-order valence-corrected chi connectivity index (χ4v) is 3.55. The largest absolute Gasteiger partial charge is 0.508 e. The van der Waals surface area contributed by atoms with Gasteiger partial charge in [-0.25, -0.2) is 4.99 Å². The number of phenolic OH excluding ortho intramolecular Hbond substituents is 1. The lowest BCUT2D eigenvalue weighted by Crippen LogP contribution is -2.36. The lowest BCUT2D eigenvalue weighted by Gasteiger charge is -2.08. The second-order valence-corrected chi connectivity index (χ2v) is 8.10. The van der Waals surface area contributed by atoms with E-state index in [4.69, 9.17) is 10.7 Å². The number of aromatic hydroxyl groups is 1. The van der Waals surface area contributed by atoms with Gasteiger partial charge >= 0.3 is 0 Å². The van der Waals surface area contributed by atoms with E-state index in [0.717, 1.165) is 52.5 Å². The molecule has 5 heteroatoms. The Morgan fingerprint density at radius 2 is 1.79 bits per heavy atom. The Hall–Kier alpha value is -3.47. The lowest BCUT2D eigenvalue weighted by atomic mass is 10.1. The molecule has 0 amide bonds. The molecule has 0 aliphatic rings. The van der Waals surface area contributed by atoms with Crippen LogP contribution >= 0.6 is 0 Å². The summed E-state index contributed by atoms with van der Waals surface area (Å²) in [5, 5.41) is 10.6. The third kappa shape index (κ3) is 6.07. The predicted octanol–water partition coefficient (Wildman–Crippen LogP) is 4.86. The third-order valence-electron chi connectivity index (χ3n) is 5.42. The zero-order valence-electron chi connectivity index (χ0n) is 20.9. The van der Waals surface area contributed by atoms with Crippen LogP contribution in [-0.2, 0) is 0 Å². The van der Waals surface area contributed by atoms with Gasteiger partial charge in [-0.3, -0.25) is 9.13 Å². The van der Waals surface area contributed by atoms with Crippen molar-refractivity contribution in [3.63, 3.8) is 0 Å². The highest BCUT2D eigenvalue weighted by molar-refractivity contribution is 5.59. The average molecular weight is 447 g/mol. The Bertz CT molecular complexity index is 1260. The van der Waals surface area contributed by atoms with Crippen molar-refractivity contribution in [2.75, 3.05) is 0 Å². The van der Waals surface area contributed by atoms with Gasteiger partial charge in [0.05, 0.1) is 0 Å². The second kappa shape index (κ2) is 12.0. The van der Waals surface area contributed by atoms with Gasteiger partial charge in [0.2, 0.25) is 0 Å². The molecule has 0 bridgehead atoms. The first kappa shape index (κ1) is 25.8. The van der Waals surface area contributed by atoms with Crippen molar-refractivity contribution in [1.82, 2.24) is 9.13 Å².